The first-order valence-corrected chi connectivity index (χ1v) is 4.25. The van der Waals surface area contributed by atoms with Crippen molar-refractivity contribution in [3.05, 3.63) is 23.8 Å². The molecular weight excluding hydrogens is 205 g/mol. The molecule has 0 aliphatic carbocycles. The van der Waals surface area contributed by atoms with Gasteiger partial charge in [-0.05, 0) is 19.1 Å². The molecule has 0 heterocycles. The number of Topliss-reactive ketones (excluding diaryl/α,β-unsaturated/α-hetero) is 1. The van der Waals surface area contributed by atoms with Gasteiger partial charge in [0.15, 0.2) is 12.4 Å². The number of carboxylic acids is 1. The van der Waals surface area contributed by atoms with Crippen LogP contribution in [-0.4, -0.2) is 23.5 Å². The molecule has 0 bridgehead atoms. The number of carbonyl (C=O) groups excluding carboxylic acids is 1. The first kappa shape index (κ1) is 14.6. The fourth-order valence-corrected chi connectivity index (χ4v) is 1.10. The van der Waals surface area contributed by atoms with Crippen molar-refractivity contribution in [2.75, 3.05) is 12.3 Å². The Hall–Kier alpha value is -1.44. The molecule has 3 N–H and O–H groups in total. The van der Waals surface area contributed by atoms with Crippen LogP contribution >= 0.6 is 0 Å². The van der Waals surface area contributed by atoms with Gasteiger partial charge in [0.1, 0.15) is 5.75 Å². The minimum Gasteiger partial charge on any atom is -1.00 e. The zero-order valence-corrected chi connectivity index (χ0v) is 9.19. The normalized spacial score (nSPS) is 9.06. The van der Waals surface area contributed by atoms with E-state index in [1.165, 1.54) is 25.1 Å². The standard InChI is InChI=1S/C10H11NO4.Li.H/c1-6(12)8-3-2-7(4-9(8)11)15-5-10(13)14;;/h2-4H,5,11H2,1H3,(H,13,14);;/q;+1;-1. The Morgan fingerprint density at radius 2 is 2.12 bits per heavy atom. The molecule has 0 amide bonds. The molecule has 0 spiro atoms. The summed E-state index contributed by atoms with van der Waals surface area (Å²) in [4.78, 5) is 21.3. The quantitative estimate of drug-likeness (QED) is 0.347. The first-order chi connectivity index (χ1) is 7.00. The maximum atomic E-state index is 11.0. The van der Waals surface area contributed by atoms with Crippen LogP contribution in [0, 0.1) is 0 Å². The smallest absolute Gasteiger partial charge is 1.00 e. The third-order valence-electron chi connectivity index (χ3n) is 1.76. The summed E-state index contributed by atoms with van der Waals surface area (Å²) in [6, 6.07) is 4.45. The van der Waals surface area contributed by atoms with E-state index in [0.29, 0.717) is 11.3 Å². The molecule has 0 saturated heterocycles. The molecular formula is C10H12LiNO4. The van der Waals surface area contributed by atoms with E-state index in [0.717, 1.165) is 0 Å². The molecule has 0 aliphatic heterocycles. The van der Waals surface area contributed by atoms with Crippen LogP contribution in [0.2, 0.25) is 0 Å². The Balaban J connectivity index is 0. The Morgan fingerprint density at radius 1 is 1.50 bits per heavy atom. The van der Waals surface area contributed by atoms with E-state index in [2.05, 4.69) is 0 Å². The molecule has 1 aromatic carbocycles. The number of hydrogen-bond acceptors (Lipinski definition) is 4. The molecule has 0 aromatic heterocycles. The van der Waals surface area contributed by atoms with Crippen molar-refractivity contribution in [3.63, 3.8) is 0 Å². The van der Waals surface area contributed by atoms with E-state index < -0.39 is 12.6 Å². The fourth-order valence-electron chi connectivity index (χ4n) is 1.10. The summed E-state index contributed by atoms with van der Waals surface area (Å²) in [7, 11) is 0. The van der Waals surface area contributed by atoms with E-state index in [4.69, 9.17) is 15.6 Å². The van der Waals surface area contributed by atoms with E-state index in [-0.39, 0.29) is 31.8 Å². The molecule has 5 nitrogen and oxygen atoms in total. The molecule has 16 heavy (non-hydrogen) atoms. The number of hydrogen-bond donors (Lipinski definition) is 2. The van der Waals surface area contributed by atoms with Crippen LogP contribution in [0.15, 0.2) is 18.2 Å². The number of ketones is 1. The molecule has 0 radical (unpaired) electrons. The number of benzene rings is 1. The monoisotopic (exact) mass is 217 g/mol. The molecule has 0 fully saturated rings. The number of nitrogen functional groups attached to an aromatic ring is 1. The third-order valence-corrected chi connectivity index (χ3v) is 1.76. The number of rotatable bonds is 4. The van der Waals surface area contributed by atoms with Crippen LogP contribution in [0.4, 0.5) is 5.69 Å². The van der Waals surface area contributed by atoms with Crippen molar-refractivity contribution in [1.29, 1.82) is 0 Å². The van der Waals surface area contributed by atoms with Crippen LogP contribution in [0.25, 0.3) is 0 Å². The number of nitrogens with two attached hydrogens (primary N) is 1. The molecule has 1 aromatic rings. The summed E-state index contributed by atoms with van der Waals surface area (Å²) in [6.07, 6.45) is 0. The summed E-state index contributed by atoms with van der Waals surface area (Å²) in [5.41, 5.74) is 6.26. The van der Waals surface area contributed by atoms with E-state index >= 15 is 0 Å². The van der Waals surface area contributed by atoms with Crippen molar-refractivity contribution < 1.29 is 39.7 Å². The van der Waals surface area contributed by atoms with Gasteiger partial charge in [-0.25, -0.2) is 4.79 Å². The number of ether oxygens (including phenoxy) is 1. The molecule has 0 atom stereocenters. The van der Waals surface area contributed by atoms with Crippen LogP contribution in [0.3, 0.4) is 0 Å². The Labute approximate surface area is 106 Å². The summed E-state index contributed by atoms with van der Waals surface area (Å²) in [6.45, 7) is 0.975. The second-order valence-electron chi connectivity index (χ2n) is 2.99. The van der Waals surface area contributed by atoms with Crippen molar-refractivity contribution in [3.8, 4) is 5.75 Å². The fraction of sp³-hybridized carbons (Fsp3) is 0.200. The van der Waals surface area contributed by atoms with Crippen LogP contribution in [0.1, 0.15) is 18.7 Å². The number of carbonyl (C=O) groups is 2. The zero-order valence-electron chi connectivity index (χ0n) is 10.2. The molecule has 0 unspecified atom stereocenters. The SMILES string of the molecule is CC(=O)c1ccc(OCC(=O)O)cc1N.[H-].[Li+]. The van der Waals surface area contributed by atoms with Gasteiger partial charge in [-0.3, -0.25) is 4.79 Å². The van der Waals surface area contributed by atoms with Crippen LogP contribution in [-0.2, 0) is 4.79 Å². The van der Waals surface area contributed by atoms with Crippen molar-refractivity contribution >= 4 is 17.4 Å². The first-order valence-electron chi connectivity index (χ1n) is 4.25. The van der Waals surface area contributed by atoms with Crippen LogP contribution in [0.5, 0.6) is 5.75 Å². The van der Waals surface area contributed by atoms with Crippen LogP contribution < -0.4 is 29.3 Å². The van der Waals surface area contributed by atoms with Gasteiger partial charge in [-0.2, -0.15) is 0 Å². The minimum atomic E-state index is -1.07. The summed E-state index contributed by atoms with van der Waals surface area (Å²) in [5.74, 6) is -0.874. The summed E-state index contributed by atoms with van der Waals surface area (Å²) in [5, 5.41) is 8.38. The summed E-state index contributed by atoms with van der Waals surface area (Å²) < 4.78 is 4.89. The van der Waals surface area contributed by atoms with Crippen molar-refractivity contribution in [2.45, 2.75) is 6.92 Å². The topological polar surface area (TPSA) is 89.6 Å². The van der Waals surface area contributed by atoms with Gasteiger partial charge in [0.25, 0.3) is 0 Å². The second-order valence-corrected chi connectivity index (χ2v) is 2.99. The van der Waals surface area contributed by atoms with E-state index in [1.54, 1.807) is 0 Å². The molecule has 6 heteroatoms. The minimum absolute atomic E-state index is 0. The average molecular weight is 217 g/mol. The van der Waals surface area contributed by atoms with Crippen molar-refractivity contribution in [1.82, 2.24) is 0 Å². The zero-order chi connectivity index (χ0) is 11.4. The Morgan fingerprint density at radius 3 is 2.56 bits per heavy atom. The van der Waals surface area contributed by atoms with Gasteiger partial charge in [0.2, 0.25) is 0 Å². The predicted molar refractivity (Wildman–Crippen MR) is 55.1 cm³/mol. The number of aliphatic carboxylic acids is 1. The van der Waals surface area contributed by atoms with Gasteiger partial charge >= 0.3 is 24.8 Å². The Kier molecular flexibility index (Phi) is 5.65. The van der Waals surface area contributed by atoms with E-state index in [1.807, 2.05) is 0 Å². The molecule has 0 saturated carbocycles. The average Bonchev–Trinajstić information content (AvgIpc) is 2.14. The van der Waals surface area contributed by atoms with Gasteiger partial charge in [-0.1, -0.05) is 0 Å². The van der Waals surface area contributed by atoms with Gasteiger partial charge in [0.05, 0.1) is 0 Å². The Bertz CT molecular complexity index is 411. The van der Waals surface area contributed by atoms with Gasteiger partial charge < -0.3 is 17.0 Å². The second kappa shape index (κ2) is 6.21. The third kappa shape index (κ3) is 3.97. The maximum absolute atomic E-state index is 11.0. The largest absolute Gasteiger partial charge is 1.00 e. The number of anilines is 1. The summed E-state index contributed by atoms with van der Waals surface area (Å²) >= 11 is 0. The van der Waals surface area contributed by atoms with Crippen molar-refractivity contribution in [2.24, 2.45) is 0 Å². The number of carboxylic acid groups (broad SMARTS) is 1. The van der Waals surface area contributed by atoms with Gasteiger partial charge in [-0.15, -0.1) is 0 Å². The maximum Gasteiger partial charge on any atom is 1.00 e. The molecule has 82 valence electrons. The van der Waals surface area contributed by atoms with Gasteiger partial charge in [0, 0.05) is 17.3 Å². The molecule has 0 aliphatic rings. The van der Waals surface area contributed by atoms with E-state index in [9.17, 15) is 9.59 Å². The molecule has 1 rings (SSSR count). The predicted octanol–water partition coefficient (Wildman–Crippen LogP) is -1.95.